The highest BCUT2D eigenvalue weighted by Crippen LogP contribution is 2.29. The van der Waals surface area contributed by atoms with Crippen molar-refractivity contribution in [2.24, 2.45) is 11.8 Å². The van der Waals surface area contributed by atoms with Crippen LogP contribution < -0.4 is 5.32 Å². The van der Waals surface area contributed by atoms with E-state index in [1.165, 1.54) is 10.0 Å². The van der Waals surface area contributed by atoms with Crippen molar-refractivity contribution in [3.8, 4) is 0 Å². The second kappa shape index (κ2) is 6.77. The number of carbonyl (C=O) groups is 3. The quantitative estimate of drug-likeness (QED) is 0.821. The minimum absolute atomic E-state index is 0.0447. The van der Waals surface area contributed by atoms with Crippen LogP contribution in [0.3, 0.4) is 0 Å². The molecular formula is C16H27N3O3. The molecule has 0 spiro atoms. The molecule has 2 unspecified atom stereocenters. The van der Waals surface area contributed by atoms with Gasteiger partial charge in [0.1, 0.15) is 6.04 Å². The van der Waals surface area contributed by atoms with Crippen LogP contribution in [0.15, 0.2) is 0 Å². The molecule has 0 bridgehead atoms. The lowest BCUT2D eigenvalue weighted by Gasteiger charge is -2.48. The molecule has 0 radical (unpaired) electrons. The second-order valence-corrected chi connectivity index (χ2v) is 6.88. The van der Waals surface area contributed by atoms with Crippen LogP contribution in [0.5, 0.6) is 0 Å². The Morgan fingerprint density at radius 1 is 1.27 bits per heavy atom. The fourth-order valence-electron chi connectivity index (χ4n) is 3.13. The molecule has 2 aliphatic rings. The summed E-state index contributed by atoms with van der Waals surface area (Å²) in [5, 5.41) is 6.19. The van der Waals surface area contributed by atoms with Crippen molar-refractivity contribution in [2.45, 2.75) is 59.0 Å². The molecule has 0 aromatic heterocycles. The summed E-state index contributed by atoms with van der Waals surface area (Å²) in [6.45, 7) is 8.72. The van der Waals surface area contributed by atoms with Gasteiger partial charge in [0.25, 0.3) is 0 Å². The zero-order valence-electron chi connectivity index (χ0n) is 14.0. The first kappa shape index (κ1) is 16.9. The number of amides is 2. The van der Waals surface area contributed by atoms with Gasteiger partial charge < -0.3 is 5.32 Å². The van der Waals surface area contributed by atoms with E-state index in [9.17, 15) is 14.4 Å². The van der Waals surface area contributed by atoms with Crippen LogP contribution in [0.25, 0.3) is 0 Å². The smallest absolute Gasteiger partial charge is 0.246 e. The minimum atomic E-state index is -0.480. The molecule has 0 aromatic carbocycles. The maximum atomic E-state index is 12.8. The van der Waals surface area contributed by atoms with E-state index in [2.05, 4.69) is 5.32 Å². The molecule has 2 saturated heterocycles. The Morgan fingerprint density at radius 3 is 2.55 bits per heavy atom. The lowest BCUT2D eigenvalue weighted by Crippen LogP contribution is -2.65. The van der Waals surface area contributed by atoms with Gasteiger partial charge in [0.2, 0.25) is 11.8 Å². The summed E-state index contributed by atoms with van der Waals surface area (Å²) in [4.78, 5) is 37.6. The Kier molecular flexibility index (Phi) is 5.21. The third kappa shape index (κ3) is 3.32. The number of nitrogens with one attached hydrogen (secondary N) is 1. The van der Waals surface area contributed by atoms with E-state index in [0.29, 0.717) is 19.5 Å². The summed E-state index contributed by atoms with van der Waals surface area (Å²) in [6, 6.07) is -0.220. The molecule has 2 amide bonds. The number of ketones is 1. The number of Topliss-reactive ketones (excluding diaryl/α,β-unsaturated/α-hetero) is 1. The van der Waals surface area contributed by atoms with Gasteiger partial charge in [-0.25, -0.2) is 5.01 Å². The first-order valence-electron chi connectivity index (χ1n) is 8.23. The van der Waals surface area contributed by atoms with Crippen molar-refractivity contribution in [1.82, 2.24) is 15.3 Å². The van der Waals surface area contributed by atoms with E-state index >= 15 is 0 Å². The summed E-state index contributed by atoms with van der Waals surface area (Å²) < 4.78 is 0. The first-order valence-corrected chi connectivity index (χ1v) is 8.23. The Labute approximate surface area is 132 Å². The molecule has 6 nitrogen and oxygen atoms in total. The Hall–Kier alpha value is -1.43. The highest BCUT2D eigenvalue weighted by atomic mass is 16.2. The fraction of sp³-hybridized carbons (Fsp3) is 0.812. The van der Waals surface area contributed by atoms with Crippen molar-refractivity contribution in [2.75, 3.05) is 13.1 Å². The van der Waals surface area contributed by atoms with E-state index in [4.69, 9.17) is 0 Å². The second-order valence-electron chi connectivity index (χ2n) is 6.88. The van der Waals surface area contributed by atoms with Gasteiger partial charge in [0.05, 0.1) is 5.92 Å². The molecule has 2 rings (SSSR count). The van der Waals surface area contributed by atoms with Gasteiger partial charge >= 0.3 is 0 Å². The van der Waals surface area contributed by atoms with Crippen LogP contribution in [-0.4, -0.2) is 52.8 Å². The number of hydrogen-bond donors (Lipinski definition) is 1. The monoisotopic (exact) mass is 309 g/mol. The van der Waals surface area contributed by atoms with Crippen LogP contribution >= 0.6 is 0 Å². The molecular weight excluding hydrogens is 282 g/mol. The lowest BCUT2D eigenvalue weighted by atomic mass is 9.91. The minimum Gasteiger partial charge on any atom is -0.314 e. The van der Waals surface area contributed by atoms with Crippen molar-refractivity contribution in [3.63, 3.8) is 0 Å². The standard InChI is InChI=1S/C16H27N3O3/c1-10(2)15(21)13-6-5-7-18-14(20)8-12(9-17-11(3)4)16(22)19(13)18/h10-13,17H,5-9H2,1-4H3. The zero-order chi connectivity index (χ0) is 16.4. The van der Waals surface area contributed by atoms with E-state index in [0.717, 1.165) is 6.42 Å². The van der Waals surface area contributed by atoms with E-state index in [-0.39, 0.29) is 41.9 Å². The maximum absolute atomic E-state index is 12.8. The SMILES string of the molecule is CC(C)NCC1CC(=O)N2CCCC(C(=O)C(C)C)N2C1=O. The molecule has 1 N–H and O–H groups in total. The molecule has 0 aliphatic carbocycles. The average Bonchev–Trinajstić information content (AvgIpc) is 2.47. The van der Waals surface area contributed by atoms with Gasteiger partial charge in [0.15, 0.2) is 5.78 Å². The van der Waals surface area contributed by atoms with Gasteiger partial charge in [-0.3, -0.25) is 19.4 Å². The maximum Gasteiger partial charge on any atom is 0.246 e. The van der Waals surface area contributed by atoms with Crippen molar-refractivity contribution in [3.05, 3.63) is 0 Å². The predicted octanol–water partition coefficient (Wildman–Crippen LogP) is 0.964. The summed E-state index contributed by atoms with van der Waals surface area (Å²) >= 11 is 0. The summed E-state index contributed by atoms with van der Waals surface area (Å²) in [5.41, 5.74) is 0. The summed E-state index contributed by atoms with van der Waals surface area (Å²) in [5.74, 6) is -0.597. The third-order valence-electron chi connectivity index (χ3n) is 4.36. The largest absolute Gasteiger partial charge is 0.314 e. The van der Waals surface area contributed by atoms with Gasteiger partial charge in [0, 0.05) is 31.5 Å². The van der Waals surface area contributed by atoms with Crippen molar-refractivity contribution >= 4 is 17.6 Å². The lowest BCUT2D eigenvalue weighted by molar-refractivity contribution is -0.189. The Bertz CT molecular complexity index is 462. The normalized spacial score (nSPS) is 25.9. The van der Waals surface area contributed by atoms with Crippen LogP contribution in [-0.2, 0) is 14.4 Å². The van der Waals surface area contributed by atoms with E-state index in [1.54, 1.807) is 0 Å². The molecule has 124 valence electrons. The molecule has 2 fully saturated rings. The van der Waals surface area contributed by atoms with Crippen LogP contribution in [0.1, 0.15) is 47.0 Å². The topological polar surface area (TPSA) is 69.7 Å². The van der Waals surface area contributed by atoms with E-state index in [1.807, 2.05) is 27.7 Å². The summed E-state index contributed by atoms with van der Waals surface area (Å²) in [6.07, 6.45) is 1.65. The molecule has 6 heteroatoms. The van der Waals surface area contributed by atoms with Crippen LogP contribution in [0.4, 0.5) is 0 Å². The molecule has 2 heterocycles. The third-order valence-corrected chi connectivity index (χ3v) is 4.36. The fourth-order valence-corrected chi connectivity index (χ4v) is 3.13. The van der Waals surface area contributed by atoms with Crippen molar-refractivity contribution in [1.29, 1.82) is 0 Å². The highest BCUT2D eigenvalue weighted by molar-refractivity contribution is 5.96. The molecule has 2 atom stereocenters. The predicted molar refractivity (Wildman–Crippen MR) is 82.7 cm³/mol. The number of fused-ring (bicyclic) bond motifs is 1. The Morgan fingerprint density at radius 2 is 1.95 bits per heavy atom. The van der Waals surface area contributed by atoms with Gasteiger partial charge in [-0.15, -0.1) is 0 Å². The van der Waals surface area contributed by atoms with Crippen LogP contribution in [0, 0.1) is 11.8 Å². The number of hydrazine groups is 1. The highest BCUT2D eigenvalue weighted by Gasteiger charge is 2.46. The molecule has 2 aliphatic heterocycles. The number of nitrogens with zero attached hydrogens (tertiary/aromatic N) is 2. The zero-order valence-corrected chi connectivity index (χ0v) is 14.0. The van der Waals surface area contributed by atoms with Gasteiger partial charge in [-0.2, -0.15) is 0 Å². The number of rotatable bonds is 5. The first-order chi connectivity index (χ1) is 10.3. The molecule has 0 saturated carbocycles. The molecule has 22 heavy (non-hydrogen) atoms. The van der Waals surface area contributed by atoms with Gasteiger partial charge in [-0.1, -0.05) is 27.7 Å². The number of carbonyl (C=O) groups excluding carboxylic acids is 3. The van der Waals surface area contributed by atoms with Crippen LogP contribution in [0.2, 0.25) is 0 Å². The average molecular weight is 309 g/mol. The van der Waals surface area contributed by atoms with E-state index < -0.39 is 6.04 Å². The Balaban J connectivity index is 2.20. The van der Waals surface area contributed by atoms with Gasteiger partial charge in [-0.05, 0) is 12.8 Å². The summed E-state index contributed by atoms with van der Waals surface area (Å²) in [7, 11) is 0. The molecule has 0 aromatic rings. The number of hydrogen-bond acceptors (Lipinski definition) is 4. The van der Waals surface area contributed by atoms with Crippen molar-refractivity contribution < 1.29 is 14.4 Å².